The number of hydrogen-bond donors (Lipinski definition) is 2. The van der Waals surface area contributed by atoms with Crippen LogP contribution in [-0.2, 0) is 20.7 Å². The van der Waals surface area contributed by atoms with E-state index in [2.05, 4.69) is 5.32 Å². The molecule has 0 bridgehead atoms. The van der Waals surface area contributed by atoms with Gasteiger partial charge in [-0.25, -0.2) is 4.79 Å². The number of carbonyl (C=O) groups excluding carboxylic acids is 2. The Balaban J connectivity index is 2.29. The number of hydrogen-bond acceptors (Lipinski definition) is 5. The number of carboxylic acids is 1. The first-order valence-corrected chi connectivity index (χ1v) is 9.94. The van der Waals surface area contributed by atoms with E-state index in [9.17, 15) is 19.5 Å². The fourth-order valence-corrected chi connectivity index (χ4v) is 4.66. The molecule has 144 valence electrons. The van der Waals surface area contributed by atoms with Gasteiger partial charge in [-0.05, 0) is 45.6 Å². The van der Waals surface area contributed by atoms with Gasteiger partial charge in [-0.2, -0.15) is 0 Å². The predicted octanol–water partition coefficient (Wildman–Crippen LogP) is 4.01. The molecule has 2 rings (SSSR count). The summed E-state index contributed by atoms with van der Waals surface area (Å²) >= 11 is 1.34. The first kappa shape index (κ1) is 20.4. The van der Waals surface area contributed by atoms with Crippen molar-refractivity contribution in [3.63, 3.8) is 0 Å². The van der Waals surface area contributed by atoms with Crippen molar-refractivity contribution in [3.05, 3.63) is 16.0 Å². The van der Waals surface area contributed by atoms with Crippen molar-refractivity contribution in [2.75, 3.05) is 5.32 Å². The molecule has 0 saturated heterocycles. The largest absolute Gasteiger partial charge is 0.481 e. The van der Waals surface area contributed by atoms with E-state index >= 15 is 0 Å². The van der Waals surface area contributed by atoms with Crippen LogP contribution in [-0.4, -0.2) is 29.1 Å². The number of amides is 1. The Labute approximate surface area is 157 Å². The lowest BCUT2D eigenvalue weighted by molar-refractivity contribution is -0.147. The fraction of sp³-hybridized carbons (Fsp3) is 0.632. The maximum Gasteiger partial charge on any atom is 0.341 e. The fourth-order valence-electron chi connectivity index (χ4n) is 3.53. The lowest BCUT2D eigenvalue weighted by Crippen LogP contribution is -2.36. The Kier molecular flexibility index (Phi) is 6.81. The van der Waals surface area contributed by atoms with Gasteiger partial charge >= 0.3 is 11.9 Å². The summed E-state index contributed by atoms with van der Waals surface area (Å²) in [5, 5.41) is 12.7. The van der Waals surface area contributed by atoms with E-state index in [1.165, 1.54) is 11.3 Å². The number of aliphatic carboxylic acids is 1. The lowest BCUT2D eigenvalue weighted by atomic mass is 9.79. The minimum atomic E-state index is -0.930. The van der Waals surface area contributed by atoms with Gasteiger partial charge in [0.05, 0.1) is 23.5 Å². The standard InChI is InChI=1S/C19H27NO5S/c1-5-12-11(4)26-17(15(12)19(24)25-10(2)3)20-16(21)13-8-6-7-9-14(13)18(22)23/h10,13-14H,5-9H2,1-4H3,(H,20,21)(H,22,23). The molecule has 1 aromatic rings. The molecule has 2 atom stereocenters. The predicted molar refractivity (Wildman–Crippen MR) is 101 cm³/mol. The molecule has 0 radical (unpaired) electrons. The third-order valence-corrected chi connectivity index (χ3v) is 5.83. The molecule has 2 unspecified atom stereocenters. The summed E-state index contributed by atoms with van der Waals surface area (Å²) in [6, 6.07) is 0. The number of esters is 1. The second-order valence-electron chi connectivity index (χ2n) is 6.97. The average Bonchev–Trinajstić information content (AvgIpc) is 2.89. The number of anilines is 1. The monoisotopic (exact) mass is 381 g/mol. The first-order valence-electron chi connectivity index (χ1n) is 9.13. The molecule has 7 heteroatoms. The van der Waals surface area contributed by atoms with Crippen molar-refractivity contribution in [2.45, 2.75) is 65.9 Å². The highest BCUT2D eigenvalue weighted by atomic mass is 32.1. The van der Waals surface area contributed by atoms with E-state index < -0.39 is 23.8 Å². The topological polar surface area (TPSA) is 92.7 Å². The second-order valence-corrected chi connectivity index (χ2v) is 8.20. The SMILES string of the molecule is CCc1c(C)sc(NC(=O)C2CCCCC2C(=O)O)c1C(=O)OC(C)C. The van der Waals surface area contributed by atoms with Crippen LogP contribution in [0, 0.1) is 18.8 Å². The van der Waals surface area contributed by atoms with Crippen LogP contribution >= 0.6 is 11.3 Å². The summed E-state index contributed by atoms with van der Waals surface area (Å²) in [7, 11) is 0. The number of carboxylic acid groups (broad SMARTS) is 1. The minimum Gasteiger partial charge on any atom is -0.481 e. The van der Waals surface area contributed by atoms with Crippen molar-refractivity contribution < 1.29 is 24.2 Å². The third-order valence-electron chi connectivity index (χ3n) is 4.77. The van der Waals surface area contributed by atoms with Crippen LogP contribution in [0.25, 0.3) is 0 Å². The molecule has 0 spiro atoms. The van der Waals surface area contributed by atoms with Gasteiger partial charge in [-0.1, -0.05) is 19.8 Å². The maximum absolute atomic E-state index is 12.8. The number of ether oxygens (including phenoxy) is 1. The van der Waals surface area contributed by atoms with Crippen LogP contribution in [0.1, 0.15) is 67.3 Å². The molecule has 1 heterocycles. The molecular weight excluding hydrogens is 354 g/mol. The molecule has 1 fully saturated rings. The van der Waals surface area contributed by atoms with E-state index in [0.29, 0.717) is 29.8 Å². The zero-order valence-corrected chi connectivity index (χ0v) is 16.6. The van der Waals surface area contributed by atoms with Crippen LogP contribution in [0.4, 0.5) is 5.00 Å². The van der Waals surface area contributed by atoms with E-state index in [4.69, 9.17) is 4.74 Å². The van der Waals surface area contributed by atoms with Gasteiger partial charge in [-0.3, -0.25) is 9.59 Å². The highest BCUT2D eigenvalue weighted by Gasteiger charge is 2.36. The molecular formula is C19H27NO5S. The molecule has 2 N–H and O–H groups in total. The Morgan fingerprint density at radius 2 is 1.85 bits per heavy atom. The van der Waals surface area contributed by atoms with Gasteiger partial charge < -0.3 is 15.2 Å². The van der Waals surface area contributed by atoms with Crippen molar-refractivity contribution >= 4 is 34.2 Å². The maximum atomic E-state index is 12.8. The highest BCUT2D eigenvalue weighted by molar-refractivity contribution is 7.16. The summed E-state index contributed by atoms with van der Waals surface area (Å²) in [5.41, 5.74) is 1.27. The minimum absolute atomic E-state index is 0.259. The average molecular weight is 381 g/mol. The van der Waals surface area contributed by atoms with Gasteiger partial charge in [0, 0.05) is 4.88 Å². The Morgan fingerprint density at radius 1 is 1.23 bits per heavy atom. The van der Waals surface area contributed by atoms with Crippen molar-refractivity contribution in [1.29, 1.82) is 0 Å². The zero-order chi connectivity index (χ0) is 19.4. The summed E-state index contributed by atoms with van der Waals surface area (Å²) in [6.07, 6.45) is 3.13. The molecule has 0 aliphatic heterocycles. The van der Waals surface area contributed by atoms with Crippen molar-refractivity contribution in [1.82, 2.24) is 0 Å². The third kappa shape index (κ3) is 4.44. The number of rotatable bonds is 6. The van der Waals surface area contributed by atoms with Crippen LogP contribution in [0.2, 0.25) is 0 Å². The van der Waals surface area contributed by atoms with Crippen LogP contribution < -0.4 is 5.32 Å². The molecule has 1 amide bonds. The zero-order valence-electron chi connectivity index (χ0n) is 15.8. The highest BCUT2D eigenvalue weighted by Crippen LogP contribution is 2.36. The second kappa shape index (κ2) is 8.66. The van der Waals surface area contributed by atoms with Crippen molar-refractivity contribution in [2.24, 2.45) is 11.8 Å². The molecule has 1 saturated carbocycles. The van der Waals surface area contributed by atoms with E-state index in [-0.39, 0.29) is 12.0 Å². The van der Waals surface area contributed by atoms with Crippen LogP contribution in [0.5, 0.6) is 0 Å². The number of aryl methyl sites for hydroxylation is 1. The summed E-state index contributed by atoms with van der Waals surface area (Å²) in [6.45, 7) is 7.42. The number of carbonyl (C=O) groups is 3. The Hall–Kier alpha value is -1.89. The van der Waals surface area contributed by atoms with Gasteiger partial charge in [0.2, 0.25) is 5.91 Å². The lowest BCUT2D eigenvalue weighted by Gasteiger charge is -2.27. The summed E-state index contributed by atoms with van der Waals surface area (Å²) in [4.78, 5) is 37.7. The molecule has 1 aliphatic carbocycles. The molecule has 1 aliphatic rings. The number of thiophene rings is 1. The Morgan fingerprint density at radius 3 is 2.38 bits per heavy atom. The molecule has 26 heavy (non-hydrogen) atoms. The van der Waals surface area contributed by atoms with Gasteiger partial charge in [-0.15, -0.1) is 11.3 Å². The van der Waals surface area contributed by atoms with Crippen molar-refractivity contribution in [3.8, 4) is 0 Å². The summed E-state index contributed by atoms with van der Waals surface area (Å²) in [5.74, 6) is -2.93. The number of nitrogens with one attached hydrogen (secondary N) is 1. The first-order chi connectivity index (χ1) is 12.3. The van der Waals surface area contributed by atoms with Gasteiger partial charge in [0.15, 0.2) is 0 Å². The van der Waals surface area contributed by atoms with Gasteiger partial charge in [0.25, 0.3) is 0 Å². The molecule has 0 aromatic carbocycles. The van der Waals surface area contributed by atoms with Crippen LogP contribution in [0.15, 0.2) is 0 Å². The quantitative estimate of drug-likeness (QED) is 0.726. The van der Waals surface area contributed by atoms with E-state index in [1.807, 2.05) is 13.8 Å². The molecule has 6 nitrogen and oxygen atoms in total. The normalized spacial score (nSPS) is 20.0. The van der Waals surface area contributed by atoms with E-state index in [1.54, 1.807) is 13.8 Å². The summed E-state index contributed by atoms with van der Waals surface area (Å²) < 4.78 is 5.34. The Bertz CT molecular complexity index is 694. The van der Waals surface area contributed by atoms with E-state index in [0.717, 1.165) is 23.3 Å². The molecule has 1 aromatic heterocycles. The van der Waals surface area contributed by atoms with Crippen LogP contribution in [0.3, 0.4) is 0 Å². The van der Waals surface area contributed by atoms with Gasteiger partial charge in [0.1, 0.15) is 5.00 Å². The smallest absolute Gasteiger partial charge is 0.341 e.